The van der Waals surface area contributed by atoms with E-state index in [-0.39, 0.29) is 23.2 Å². The van der Waals surface area contributed by atoms with Crippen molar-refractivity contribution in [3.8, 4) is 0 Å². The monoisotopic (exact) mass is 353 g/mol. The van der Waals surface area contributed by atoms with Gasteiger partial charge in [-0.15, -0.1) is 0 Å². The fourth-order valence-corrected chi connectivity index (χ4v) is 4.03. The Bertz CT molecular complexity index is 796. The minimum absolute atomic E-state index is 0.0553. The molecule has 132 valence electrons. The second-order valence-electron chi connectivity index (χ2n) is 6.38. The molecular formula is C15H23N5O3S. The van der Waals surface area contributed by atoms with E-state index in [9.17, 15) is 8.42 Å². The maximum atomic E-state index is 12.6. The van der Waals surface area contributed by atoms with Gasteiger partial charge in [0.05, 0.1) is 24.5 Å². The molecule has 0 aromatic carbocycles. The summed E-state index contributed by atoms with van der Waals surface area (Å²) in [6.07, 6.45) is 7.62. The number of rotatable bonds is 5. The zero-order valence-corrected chi connectivity index (χ0v) is 14.9. The number of ether oxygens (including phenoxy) is 1. The van der Waals surface area contributed by atoms with E-state index in [4.69, 9.17) is 4.74 Å². The van der Waals surface area contributed by atoms with Gasteiger partial charge in [0.1, 0.15) is 6.10 Å². The molecule has 24 heavy (non-hydrogen) atoms. The van der Waals surface area contributed by atoms with Gasteiger partial charge in [-0.25, -0.2) is 23.1 Å². The number of imidazole rings is 2. The zero-order valence-electron chi connectivity index (χ0n) is 14.1. The molecule has 3 rings (SSSR count). The number of aryl methyl sites for hydroxylation is 1. The summed E-state index contributed by atoms with van der Waals surface area (Å²) < 4.78 is 37.3. The van der Waals surface area contributed by atoms with Gasteiger partial charge in [-0.2, -0.15) is 0 Å². The van der Waals surface area contributed by atoms with Crippen LogP contribution in [-0.2, 0) is 21.8 Å². The molecule has 0 radical (unpaired) electrons. The first-order valence-corrected chi connectivity index (χ1v) is 9.49. The summed E-state index contributed by atoms with van der Waals surface area (Å²) in [5.41, 5.74) is 0.947. The van der Waals surface area contributed by atoms with Gasteiger partial charge in [0.2, 0.25) is 0 Å². The van der Waals surface area contributed by atoms with E-state index in [1.807, 2.05) is 25.5 Å². The number of nitrogens with one attached hydrogen (secondary N) is 1. The summed E-state index contributed by atoms with van der Waals surface area (Å²) >= 11 is 0. The second kappa shape index (κ2) is 6.66. The molecule has 1 fully saturated rings. The zero-order chi connectivity index (χ0) is 17.3. The third kappa shape index (κ3) is 3.52. The third-order valence-electron chi connectivity index (χ3n) is 4.24. The van der Waals surface area contributed by atoms with Crippen molar-refractivity contribution in [3.05, 3.63) is 30.7 Å². The molecule has 9 heteroatoms. The van der Waals surface area contributed by atoms with E-state index in [2.05, 4.69) is 14.7 Å². The van der Waals surface area contributed by atoms with Crippen molar-refractivity contribution in [1.29, 1.82) is 0 Å². The van der Waals surface area contributed by atoms with Gasteiger partial charge in [-0.1, -0.05) is 0 Å². The number of hydrogen-bond acceptors (Lipinski definition) is 5. The van der Waals surface area contributed by atoms with Crippen LogP contribution in [0, 0.1) is 0 Å². The highest BCUT2D eigenvalue weighted by molar-refractivity contribution is 7.89. The Morgan fingerprint density at radius 3 is 2.79 bits per heavy atom. The number of sulfonamides is 1. The van der Waals surface area contributed by atoms with Crippen LogP contribution in [0.5, 0.6) is 0 Å². The Kier molecular flexibility index (Phi) is 4.75. The summed E-state index contributed by atoms with van der Waals surface area (Å²) in [4.78, 5) is 8.12. The summed E-state index contributed by atoms with van der Waals surface area (Å²) in [5.74, 6) is 0. The Balaban J connectivity index is 1.71. The average molecular weight is 353 g/mol. The van der Waals surface area contributed by atoms with E-state index in [0.717, 1.165) is 5.69 Å². The largest absolute Gasteiger partial charge is 0.372 e. The van der Waals surface area contributed by atoms with Crippen molar-refractivity contribution in [2.24, 2.45) is 7.05 Å². The first kappa shape index (κ1) is 17.1. The van der Waals surface area contributed by atoms with Crippen LogP contribution >= 0.6 is 0 Å². The molecule has 0 bridgehead atoms. The van der Waals surface area contributed by atoms with Crippen LogP contribution in [0.1, 0.15) is 44.5 Å². The number of aromatic nitrogens is 4. The van der Waals surface area contributed by atoms with Crippen LogP contribution in [-0.4, -0.2) is 40.2 Å². The lowest BCUT2D eigenvalue weighted by molar-refractivity contribution is -0.0000534. The van der Waals surface area contributed by atoms with Crippen molar-refractivity contribution in [1.82, 2.24) is 23.8 Å². The molecule has 0 amide bonds. The molecule has 8 nitrogen and oxygen atoms in total. The molecule has 2 atom stereocenters. The highest BCUT2D eigenvalue weighted by Crippen LogP contribution is 2.28. The Hall–Kier alpha value is -1.71. The molecule has 0 spiro atoms. The third-order valence-corrected chi connectivity index (χ3v) is 5.64. The summed E-state index contributed by atoms with van der Waals surface area (Å²) in [5, 5.41) is 0.0553. The molecule has 0 saturated carbocycles. The van der Waals surface area contributed by atoms with Crippen LogP contribution in [0.25, 0.3) is 0 Å². The van der Waals surface area contributed by atoms with Gasteiger partial charge in [0, 0.05) is 31.9 Å². The predicted molar refractivity (Wildman–Crippen MR) is 87.9 cm³/mol. The quantitative estimate of drug-likeness (QED) is 0.877. The molecule has 2 aromatic heterocycles. The first-order chi connectivity index (χ1) is 11.4. The smallest absolute Gasteiger partial charge is 0.259 e. The van der Waals surface area contributed by atoms with E-state index in [1.165, 1.54) is 0 Å². The van der Waals surface area contributed by atoms with Gasteiger partial charge in [0.25, 0.3) is 10.0 Å². The van der Waals surface area contributed by atoms with Crippen molar-refractivity contribution in [2.45, 2.75) is 49.9 Å². The SMILES string of the molecule is CC(C)n1cnc(S(=O)(=O)N[C@@H]2CCO[C@@H](c3cncn3C)C2)c1. The first-order valence-electron chi connectivity index (χ1n) is 8.00. The molecule has 3 heterocycles. The summed E-state index contributed by atoms with van der Waals surface area (Å²) in [6.45, 7) is 4.45. The molecule has 1 N–H and O–H groups in total. The molecule has 0 unspecified atom stereocenters. The molecule has 1 saturated heterocycles. The van der Waals surface area contributed by atoms with Crippen LogP contribution in [0.3, 0.4) is 0 Å². The Morgan fingerprint density at radius 2 is 2.17 bits per heavy atom. The van der Waals surface area contributed by atoms with Gasteiger partial charge in [-0.05, 0) is 26.7 Å². The topological polar surface area (TPSA) is 91.0 Å². The van der Waals surface area contributed by atoms with E-state index in [0.29, 0.717) is 19.4 Å². The summed E-state index contributed by atoms with van der Waals surface area (Å²) in [6, 6.07) is -0.0217. The lowest BCUT2D eigenvalue weighted by Gasteiger charge is -2.29. The molecule has 1 aliphatic rings. The number of hydrogen-bond donors (Lipinski definition) is 1. The highest BCUT2D eigenvalue weighted by Gasteiger charge is 2.30. The minimum atomic E-state index is -3.63. The van der Waals surface area contributed by atoms with Crippen molar-refractivity contribution in [3.63, 3.8) is 0 Å². The predicted octanol–water partition coefficient (Wildman–Crippen LogP) is 1.40. The van der Waals surface area contributed by atoms with Crippen LogP contribution in [0.2, 0.25) is 0 Å². The van der Waals surface area contributed by atoms with Crippen molar-refractivity contribution in [2.75, 3.05) is 6.61 Å². The minimum Gasteiger partial charge on any atom is -0.372 e. The molecule has 2 aromatic rings. The van der Waals surface area contributed by atoms with E-state index in [1.54, 1.807) is 29.6 Å². The van der Waals surface area contributed by atoms with Gasteiger partial charge in [-0.3, -0.25) is 0 Å². The van der Waals surface area contributed by atoms with Crippen molar-refractivity contribution < 1.29 is 13.2 Å². The lowest BCUT2D eigenvalue weighted by atomic mass is 10.0. The lowest BCUT2D eigenvalue weighted by Crippen LogP contribution is -2.40. The van der Waals surface area contributed by atoms with Crippen LogP contribution in [0.15, 0.2) is 30.1 Å². The fraction of sp³-hybridized carbons (Fsp3) is 0.600. The standard InChI is InChI=1S/C15H23N5O3S/c1-11(2)20-8-15(17-10-20)24(21,22)18-12-4-5-23-14(6-12)13-7-16-9-19(13)3/h7-12,14,18H,4-6H2,1-3H3/t12-,14-/m1/s1. The normalized spacial score (nSPS) is 22.2. The fourth-order valence-electron chi connectivity index (χ4n) is 2.81. The summed E-state index contributed by atoms with van der Waals surface area (Å²) in [7, 11) is -1.73. The maximum absolute atomic E-state index is 12.6. The second-order valence-corrected chi connectivity index (χ2v) is 8.05. The molecule has 1 aliphatic heterocycles. The maximum Gasteiger partial charge on any atom is 0.259 e. The number of nitrogens with zero attached hydrogens (tertiary/aromatic N) is 4. The van der Waals surface area contributed by atoms with E-state index < -0.39 is 10.0 Å². The van der Waals surface area contributed by atoms with Gasteiger partial charge < -0.3 is 13.9 Å². The highest BCUT2D eigenvalue weighted by atomic mass is 32.2. The van der Waals surface area contributed by atoms with Crippen LogP contribution < -0.4 is 4.72 Å². The molecular weight excluding hydrogens is 330 g/mol. The Labute approximate surface area is 141 Å². The Morgan fingerprint density at radius 1 is 1.38 bits per heavy atom. The van der Waals surface area contributed by atoms with Crippen LogP contribution in [0.4, 0.5) is 0 Å². The molecule has 0 aliphatic carbocycles. The van der Waals surface area contributed by atoms with E-state index >= 15 is 0 Å². The average Bonchev–Trinajstić information content (AvgIpc) is 3.16. The van der Waals surface area contributed by atoms with Gasteiger partial charge >= 0.3 is 0 Å². The van der Waals surface area contributed by atoms with Crippen molar-refractivity contribution >= 4 is 10.0 Å². The van der Waals surface area contributed by atoms with Gasteiger partial charge in [0.15, 0.2) is 5.03 Å².